The fourth-order valence-electron chi connectivity index (χ4n) is 4.27. The van der Waals surface area contributed by atoms with Gasteiger partial charge in [0.2, 0.25) is 5.91 Å². The Kier molecular flexibility index (Phi) is 5.57. The second-order valence-electron chi connectivity index (χ2n) is 7.82. The quantitative estimate of drug-likeness (QED) is 0.865. The number of hydrogen-bond acceptors (Lipinski definition) is 5. The summed E-state index contributed by atoms with van der Waals surface area (Å²) in [5.41, 5.74) is 3.78. The van der Waals surface area contributed by atoms with E-state index in [1.807, 2.05) is 11.9 Å². The van der Waals surface area contributed by atoms with Crippen LogP contribution >= 0.6 is 0 Å². The zero-order chi connectivity index (χ0) is 19.5. The maximum atomic E-state index is 11.7. The lowest BCUT2D eigenvalue weighted by Crippen LogP contribution is -2.34. The summed E-state index contributed by atoms with van der Waals surface area (Å²) in [5.74, 6) is 2.23. The normalized spacial score (nSPS) is 19.5. The van der Waals surface area contributed by atoms with Gasteiger partial charge in [0.25, 0.3) is 0 Å². The molecule has 148 valence electrons. The molecule has 6 nitrogen and oxygen atoms in total. The molecule has 4 rings (SSSR count). The van der Waals surface area contributed by atoms with Crippen molar-refractivity contribution in [3.8, 4) is 0 Å². The molecule has 1 atom stereocenters. The molecule has 0 spiro atoms. The first-order valence-corrected chi connectivity index (χ1v) is 10.2. The summed E-state index contributed by atoms with van der Waals surface area (Å²) in [6.45, 7) is 6.13. The number of anilines is 1. The molecule has 0 aliphatic carbocycles. The third-order valence-electron chi connectivity index (χ3n) is 5.96. The van der Waals surface area contributed by atoms with Crippen LogP contribution in [0, 0.1) is 0 Å². The van der Waals surface area contributed by atoms with Crippen LogP contribution in [0.1, 0.15) is 41.9 Å². The minimum atomic E-state index is 0.140. The summed E-state index contributed by atoms with van der Waals surface area (Å²) in [6, 6.07) is 10.7. The van der Waals surface area contributed by atoms with E-state index in [0.717, 1.165) is 69.3 Å². The topological polar surface area (TPSA) is 61.4 Å². The zero-order valence-electron chi connectivity index (χ0n) is 16.8. The Balaban J connectivity index is 1.49. The summed E-state index contributed by atoms with van der Waals surface area (Å²) in [5, 5.41) is 3.28. The van der Waals surface area contributed by atoms with E-state index >= 15 is 0 Å². The summed E-state index contributed by atoms with van der Waals surface area (Å²) in [4.78, 5) is 25.9. The van der Waals surface area contributed by atoms with Gasteiger partial charge < -0.3 is 10.2 Å². The van der Waals surface area contributed by atoms with Gasteiger partial charge in [-0.1, -0.05) is 30.3 Å². The number of carbonyl (C=O) groups is 1. The molecule has 0 saturated carbocycles. The number of hydrogen-bond donors (Lipinski definition) is 1. The average Bonchev–Trinajstić information content (AvgIpc) is 3.22. The molecule has 6 heteroatoms. The lowest BCUT2D eigenvalue weighted by atomic mass is 10.0. The van der Waals surface area contributed by atoms with Crippen molar-refractivity contribution in [2.45, 2.75) is 38.6 Å². The SMILES string of the molecule is CNc1nc([C@@H]2CCN(C(C)=O)C2)nc2c1CCN(CCc1ccccc1)C2. The largest absolute Gasteiger partial charge is 0.373 e. The lowest BCUT2D eigenvalue weighted by molar-refractivity contribution is -0.127. The molecule has 0 unspecified atom stereocenters. The van der Waals surface area contributed by atoms with Crippen molar-refractivity contribution in [1.29, 1.82) is 0 Å². The van der Waals surface area contributed by atoms with E-state index in [2.05, 4.69) is 40.5 Å². The van der Waals surface area contributed by atoms with Crippen molar-refractivity contribution in [1.82, 2.24) is 19.8 Å². The first-order chi connectivity index (χ1) is 13.6. The highest BCUT2D eigenvalue weighted by Gasteiger charge is 2.30. The Labute approximate surface area is 167 Å². The summed E-state index contributed by atoms with van der Waals surface area (Å²) in [6.07, 6.45) is 2.98. The minimum Gasteiger partial charge on any atom is -0.373 e. The van der Waals surface area contributed by atoms with E-state index in [4.69, 9.17) is 9.97 Å². The van der Waals surface area contributed by atoms with Gasteiger partial charge in [-0.3, -0.25) is 9.69 Å². The molecule has 1 amide bonds. The number of rotatable bonds is 5. The van der Waals surface area contributed by atoms with Crippen molar-refractivity contribution in [2.75, 3.05) is 38.5 Å². The molecule has 1 fully saturated rings. The number of likely N-dealkylation sites (tertiary alicyclic amines) is 1. The van der Waals surface area contributed by atoms with Crippen molar-refractivity contribution < 1.29 is 4.79 Å². The van der Waals surface area contributed by atoms with Crippen molar-refractivity contribution in [2.24, 2.45) is 0 Å². The molecule has 1 saturated heterocycles. The molecule has 1 aromatic heterocycles. The van der Waals surface area contributed by atoms with E-state index in [1.165, 1.54) is 11.1 Å². The molecule has 0 radical (unpaired) electrons. The molecule has 0 bridgehead atoms. The maximum Gasteiger partial charge on any atom is 0.219 e. The lowest BCUT2D eigenvalue weighted by Gasteiger charge is -2.29. The molecule has 2 aliphatic rings. The molecule has 2 aliphatic heterocycles. The molecule has 1 aromatic carbocycles. The van der Waals surface area contributed by atoms with E-state index in [0.29, 0.717) is 0 Å². The van der Waals surface area contributed by atoms with E-state index in [1.54, 1.807) is 6.92 Å². The molecular formula is C22H29N5O. The summed E-state index contributed by atoms with van der Waals surface area (Å²) in [7, 11) is 1.94. The smallest absolute Gasteiger partial charge is 0.219 e. The number of nitrogens with one attached hydrogen (secondary N) is 1. The number of amides is 1. The van der Waals surface area contributed by atoms with Crippen LogP contribution in [0.3, 0.4) is 0 Å². The van der Waals surface area contributed by atoms with Crippen LogP contribution in [-0.4, -0.2) is 58.9 Å². The Morgan fingerprint density at radius 3 is 2.75 bits per heavy atom. The number of aromatic nitrogens is 2. The van der Waals surface area contributed by atoms with Gasteiger partial charge in [-0.2, -0.15) is 0 Å². The van der Waals surface area contributed by atoms with Crippen LogP contribution in [-0.2, 0) is 24.2 Å². The monoisotopic (exact) mass is 379 g/mol. The van der Waals surface area contributed by atoms with Gasteiger partial charge in [-0.25, -0.2) is 9.97 Å². The molecule has 1 N–H and O–H groups in total. The van der Waals surface area contributed by atoms with E-state index in [-0.39, 0.29) is 11.8 Å². The first kappa shape index (κ1) is 18.9. The second kappa shape index (κ2) is 8.27. The second-order valence-corrected chi connectivity index (χ2v) is 7.82. The van der Waals surface area contributed by atoms with Crippen LogP contribution in [0.25, 0.3) is 0 Å². The molecule has 3 heterocycles. The van der Waals surface area contributed by atoms with Crippen LogP contribution in [0.5, 0.6) is 0 Å². The minimum absolute atomic E-state index is 0.140. The predicted molar refractivity (Wildman–Crippen MR) is 110 cm³/mol. The van der Waals surface area contributed by atoms with Crippen molar-refractivity contribution in [3.63, 3.8) is 0 Å². The van der Waals surface area contributed by atoms with Crippen LogP contribution in [0.15, 0.2) is 30.3 Å². The Bertz CT molecular complexity index is 838. The molecule has 28 heavy (non-hydrogen) atoms. The predicted octanol–water partition coefficient (Wildman–Crippen LogP) is 2.45. The number of nitrogens with zero attached hydrogens (tertiary/aromatic N) is 4. The number of carbonyl (C=O) groups excluding carboxylic acids is 1. The average molecular weight is 380 g/mol. The van der Waals surface area contributed by atoms with Crippen LogP contribution in [0.2, 0.25) is 0 Å². The van der Waals surface area contributed by atoms with Crippen LogP contribution in [0.4, 0.5) is 5.82 Å². The fourth-order valence-corrected chi connectivity index (χ4v) is 4.27. The van der Waals surface area contributed by atoms with E-state index < -0.39 is 0 Å². The van der Waals surface area contributed by atoms with Gasteiger partial charge in [0, 0.05) is 58.2 Å². The van der Waals surface area contributed by atoms with Gasteiger partial charge in [-0.05, 0) is 24.8 Å². The highest BCUT2D eigenvalue weighted by atomic mass is 16.2. The van der Waals surface area contributed by atoms with Crippen LogP contribution < -0.4 is 5.32 Å². The fraction of sp³-hybridized carbons (Fsp3) is 0.500. The third-order valence-corrected chi connectivity index (χ3v) is 5.96. The van der Waals surface area contributed by atoms with Gasteiger partial charge in [0.15, 0.2) is 0 Å². The number of benzene rings is 1. The standard InChI is InChI=1S/C22H29N5O/c1-16(28)27-13-9-18(14-27)21-24-20-15-26(11-8-17-6-4-3-5-7-17)12-10-19(20)22(23-2)25-21/h3-7,18H,8-15H2,1-2H3,(H,23,24,25)/t18-/m1/s1. The van der Waals surface area contributed by atoms with Crippen molar-refractivity contribution in [3.05, 3.63) is 53.0 Å². The zero-order valence-corrected chi connectivity index (χ0v) is 16.8. The Morgan fingerprint density at radius 1 is 1.21 bits per heavy atom. The highest BCUT2D eigenvalue weighted by Crippen LogP contribution is 2.30. The molecule has 2 aromatic rings. The Hall–Kier alpha value is -2.47. The van der Waals surface area contributed by atoms with Gasteiger partial charge >= 0.3 is 0 Å². The maximum absolute atomic E-state index is 11.7. The first-order valence-electron chi connectivity index (χ1n) is 10.2. The number of fused-ring (bicyclic) bond motifs is 1. The Morgan fingerprint density at radius 2 is 2.04 bits per heavy atom. The summed E-state index contributed by atoms with van der Waals surface area (Å²) < 4.78 is 0. The van der Waals surface area contributed by atoms with Gasteiger partial charge in [-0.15, -0.1) is 0 Å². The van der Waals surface area contributed by atoms with E-state index in [9.17, 15) is 4.79 Å². The summed E-state index contributed by atoms with van der Waals surface area (Å²) >= 11 is 0. The van der Waals surface area contributed by atoms with Gasteiger partial charge in [0.1, 0.15) is 11.6 Å². The highest BCUT2D eigenvalue weighted by molar-refractivity contribution is 5.73. The third kappa shape index (κ3) is 4.02. The molecular weight excluding hydrogens is 350 g/mol. The van der Waals surface area contributed by atoms with Crippen molar-refractivity contribution >= 4 is 11.7 Å². The van der Waals surface area contributed by atoms with Gasteiger partial charge in [0.05, 0.1) is 5.69 Å².